The summed E-state index contributed by atoms with van der Waals surface area (Å²) in [6.07, 6.45) is 21.4. The van der Waals surface area contributed by atoms with Crippen LogP contribution in [0.5, 0.6) is 5.75 Å². The van der Waals surface area contributed by atoms with Crippen molar-refractivity contribution >= 4 is 5.91 Å². The number of carbonyl (C=O) groups excluding carboxylic acids is 1. The van der Waals surface area contributed by atoms with Crippen molar-refractivity contribution in [3.8, 4) is 5.75 Å². The highest BCUT2D eigenvalue weighted by atomic mass is 16.5. The molecule has 0 aliphatic rings. The molecule has 228 valence electrons. The lowest BCUT2D eigenvalue weighted by Gasteiger charge is -2.24. The highest BCUT2D eigenvalue weighted by Gasteiger charge is 2.19. The van der Waals surface area contributed by atoms with Crippen LogP contribution in [0.4, 0.5) is 0 Å². The van der Waals surface area contributed by atoms with E-state index in [2.05, 4.69) is 68.1 Å². The van der Waals surface area contributed by atoms with E-state index in [1.165, 1.54) is 70.6 Å². The summed E-state index contributed by atoms with van der Waals surface area (Å²) < 4.78 is 8.45. The van der Waals surface area contributed by atoms with Crippen LogP contribution < -0.4 is 9.30 Å². The van der Waals surface area contributed by atoms with Gasteiger partial charge in [0.25, 0.3) is 5.91 Å². The smallest absolute Gasteiger partial charge is 0.254 e. The second-order valence-corrected chi connectivity index (χ2v) is 11.8. The van der Waals surface area contributed by atoms with Crippen molar-refractivity contribution in [1.29, 1.82) is 0 Å². The molecule has 0 aliphatic heterocycles. The van der Waals surface area contributed by atoms with Gasteiger partial charge in [0.05, 0.1) is 13.2 Å². The minimum atomic E-state index is 0.0451. The van der Waals surface area contributed by atoms with E-state index in [4.69, 9.17) is 4.74 Å². The Bertz CT molecular complexity index is 1160. The SMILES string of the molecule is CCCCCCCCCCCCCCOc1cccc(CN(Cc2ccc[n+](CCC)c2)C(=O)c2ccccc2)c1C. The maximum absolute atomic E-state index is 13.7. The predicted molar refractivity (Wildman–Crippen MR) is 175 cm³/mol. The molecule has 3 aromatic rings. The van der Waals surface area contributed by atoms with Gasteiger partial charge in [-0.05, 0) is 48.7 Å². The first-order chi connectivity index (χ1) is 20.6. The number of pyridine rings is 1. The molecular weight excluding hydrogens is 516 g/mol. The van der Waals surface area contributed by atoms with Gasteiger partial charge in [0.1, 0.15) is 12.3 Å². The standard InChI is InChI=1S/C38H55N2O2/c1-4-6-7-8-9-10-11-12-13-14-15-19-29-42-37-26-20-25-36(33(37)3)32-40(38(41)35-23-17-16-18-24-35)31-34-22-21-28-39(30-34)27-5-2/h16-18,20-26,28,30H,4-15,19,27,29,31-32H2,1-3H3/q+1. The maximum Gasteiger partial charge on any atom is 0.254 e. The van der Waals surface area contributed by atoms with Gasteiger partial charge in [0.15, 0.2) is 12.4 Å². The fraction of sp³-hybridized carbons (Fsp3) is 0.526. The molecule has 1 amide bonds. The van der Waals surface area contributed by atoms with E-state index in [-0.39, 0.29) is 5.91 Å². The zero-order chi connectivity index (χ0) is 29.8. The molecule has 0 N–H and O–H groups in total. The number of ether oxygens (including phenoxy) is 1. The van der Waals surface area contributed by atoms with Crippen molar-refractivity contribution < 1.29 is 14.1 Å². The van der Waals surface area contributed by atoms with Crippen molar-refractivity contribution in [2.45, 2.75) is 124 Å². The summed E-state index contributed by atoms with van der Waals surface area (Å²) in [6.45, 7) is 9.40. The monoisotopic (exact) mass is 571 g/mol. The average Bonchev–Trinajstić information content (AvgIpc) is 3.01. The van der Waals surface area contributed by atoms with Gasteiger partial charge in [-0.15, -0.1) is 0 Å². The highest BCUT2D eigenvalue weighted by Crippen LogP contribution is 2.24. The molecule has 0 saturated heterocycles. The molecule has 0 radical (unpaired) electrons. The summed E-state index contributed by atoms with van der Waals surface area (Å²) >= 11 is 0. The Morgan fingerprint density at radius 3 is 2.05 bits per heavy atom. The maximum atomic E-state index is 13.7. The Morgan fingerprint density at radius 1 is 0.714 bits per heavy atom. The van der Waals surface area contributed by atoms with Gasteiger partial charge in [0.2, 0.25) is 0 Å². The van der Waals surface area contributed by atoms with E-state index in [9.17, 15) is 4.79 Å². The summed E-state index contributed by atoms with van der Waals surface area (Å²) in [5.41, 5.74) is 4.10. The minimum absolute atomic E-state index is 0.0451. The van der Waals surface area contributed by atoms with Crippen molar-refractivity contribution in [1.82, 2.24) is 4.90 Å². The minimum Gasteiger partial charge on any atom is -0.493 e. The summed E-state index contributed by atoms with van der Waals surface area (Å²) in [6, 6.07) is 20.0. The number of aryl methyl sites for hydroxylation is 1. The van der Waals surface area contributed by atoms with E-state index in [1.54, 1.807) is 0 Å². The molecule has 4 heteroatoms. The summed E-state index contributed by atoms with van der Waals surface area (Å²) in [5, 5.41) is 0. The van der Waals surface area contributed by atoms with Crippen LogP contribution in [0.15, 0.2) is 73.1 Å². The third kappa shape index (κ3) is 12.0. The van der Waals surface area contributed by atoms with E-state index in [1.807, 2.05) is 35.2 Å². The van der Waals surface area contributed by atoms with Gasteiger partial charge in [-0.25, -0.2) is 4.57 Å². The average molecular weight is 572 g/mol. The molecule has 2 aromatic carbocycles. The van der Waals surface area contributed by atoms with Crippen molar-refractivity contribution in [2.75, 3.05) is 6.61 Å². The van der Waals surface area contributed by atoms with Gasteiger partial charge in [-0.1, -0.05) is 115 Å². The van der Waals surface area contributed by atoms with Gasteiger partial charge >= 0.3 is 0 Å². The molecule has 0 atom stereocenters. The van der Waals surface area contributed by atoms with Crippen LogP contribution in [-0.4, -0.2) is 17.4 Å². The molecule has 0 fully saturated rings. The third-order valence-electron chi connectivity index (χ3n) is 8.10. The zero-order valence-corrected chi connectivity index (χ0v) is 26.7. The molecule has 42 heavy (non-hydrogen) atoms. The molecule has 0 spiro atoms. The molecule has 4 nitrogen and oxygen atoms in total. The first kappa shape index (κ1) is 33.4. The first-order valence-corrected chi connectivity index (χ1v) is 16.7. The van der Waals surface area contributed by atoms with Gasteiger partial charge in [-0.3, -0.25) is 4.79 Å². The van der Waals surface area contributed by atoms with Crippen LogP contribution in [0.1, 0.15) is 124 Å². The molecule has 3 rings (SSSR count). The Morgan fingerprint density at radius 2 is 1.38 bits per heavy atom. The number of rotatable bonds is 21. The van der Waals surface area contributed by atoms with Crippen LogP contribution in [-0.2, 0) is 19.6 Å². The predicted octanol–water partition coefficient (Wildman–Crippen LogP) is 9.62. The summed E-state index contributed by atoms with van der Waals surface area (Å²) in [4.78, 5) is 15.6. The van der Waals surface area contributed by atoms with E-state index in [0.717, 1.165) is 48.4 Å². The van der Waals surface area contributed by atoms with Crippen LogP contribution >= 0.6 is 0 Å². The van der Waals surface area contributed by atoms with Crippen molar-refractivity contribution in [2.24, 2.45) is 0 Å². The summed E-state index contributed by atoms with van der Waals surface area (Å²) in [5.74, 6) is 0.979. The lowest BCUT2D eigenvalue weighted by atomic mass is 10.1. The summed E-state index contributed by atoms with van der Waals surface area (Å²) in [7, 11) is 0. The Kier molecular flexibility index (Phi) is 15.8. The molecule has 1 heterocycles. The molecular formula is C38H55N2O2+. The number of carbonyl (C=O) groups is 1. The molecule has 0 bridgehead atoms. The van der Waals surface area contributed by atoms with Gasteiger partial charge in [0, 0.05) is 30.2 Å². The normalized spacial score (nSPS) is 11.0. The second-order valence-electron chi connectivity index (χ2n) is 11.8. The van der Waals surface area contributed by atoms with E-state index in [0.29, 0.717) is 18.7 Å². The highest BCUT2D eigenvalue weighted by molar-refractivity contribution is 5.94. The number of unbranched alkanes of at least 4 members (excludes halogenated alkanes) is 11. The number of aromatic nitrogens is 1. The third-order valence-corrected chi connectivity index (χ3v) is 8.10. The van der Waals surface area contributed by atoms with Gasteiger partial charge < -0.3 is 9.64 Å². The topological polar surface area (TPSA) is 33.4 Å². The number of nitrogens with zero attached hydrogens (tertiary/aromatic N) is 2. The number of benzene rings is 2. The Hall–Kier alpha value is -3.14. The number of hydrogen-bond acceptors (Lipinski definition) is 2. The fourth-order valence-electron chi connectivity index (χ4n) is 5.57. The molecule has 0 saturated carbocycles. The van der Waals surface area contributed by atoms with E-state index >= 15 is 0 Å². The van der Waals surface area contributed by atoms with E-state index < -0.39 is 0 Å². The molecule has 1 aromatic heterocycles. The number of amides is 1. The number of hydrogen-bond donors (Lipinski definition) is 0. The largest absolute Gasteiger partial charge is 0.493 e. The van der Waals surface area contributed by atoms with Gasteiger partial charge in [-0.2, -0.15) is 0 Å². The molecule has 0 aliphatic carbocycles. The van der Waals surface area contributed by atoms with Crippen LogP contribution in [0.25, 0.3) is 0 Å². The molecule has 0 unspecified atom stereocenters. The Labute approximate surface area is 256 Å². The van der Waals surface area contributed by atoms with Crippen LogP contribution in [0, 0.1) is 6.92 Å². The van der Waals surface area contributed by atoms with Crippen molar-refractivity contribution in [3.63, 3.8) is 0 Å². The van der Waals surface area contributed by atoms with Crippen molar-refractivity contribution in [3.05, 3.63) is 95.3 Å². The van der Waals surface area contributed by atoms with Crippen LogP contribution in [0.2, 0.25) is 0 Å². The lowest BCUT2D eigenvalue weighted by molar-refractivity contribution is -0.697. The second kappa shape index (κ2) is 19.9. The quantitative estimate of drug-likeness (QED) is 0.0942. The zero-order valence-electron chi connectivity index (χ0n) is 26.7. The fourth-order valence-corrected chi connectivity index (χ4v) is 5.57. The Balaban J connectivity index is 1.51. The van der Waals surface area contributed by atoms with Crippen LogP contribution in [0.3, 0.4) is 0 Å². The first-order valence-electron chi connectivity index (χ1n) is 16.7. The lowest BCUT2D eigenvalue weighted by Crippen LogP contribution is -2.35.